The van der Waals surface area contributed by atoms with Crippen LogP contribution in [0.3, 0.4) is 0 Å². The summed E-state index contributed by atoms with van der Waals surface area (Å²) >= 11 is 3.90. The van der Waals surface area contributed by atoms with Crippen molar-refractivity contribution in [1.29, 1.82) is 0 Å². The smallest absolute Gasteiger partial charge is 0.502 e. The Kier molecular flexibility index (Phi) is 42.6. The van der Waals surface area contributed by atoms with Crippen LogP contribution in [0.1, 0.15) is 185 Å². The molecule has 132 heavy (non-hydrogen) atoms. The highest BCUT2D eigenvalue weighted by atomic mass is 32.2. The first kappa shape index (κ1) is 110. The standard InChI is InChI=1S/C10H14O5.C9H12O5.C9H12O3.C8H10O4.C8H10O3S.C7H8O4.C7H8O3S.C6H8O3.3C5H8O2.3C4H8O/c1-6(2)8(11)15-10(3,4)7-5-13-9(12)14-7;1-5(2)8(10)13-6(3)7-4-12-9(11)14-7;10-8-11-5-9(12-8)4-6-1-2-7(9)3-6;9-7-10-4-8(12-7)3-5-1-2-6(8)11-5;9-7-10-4-8(11-7)3-5-1-2-6(8)12-5;8-7-10-5-3-1-2-4(9-3)6(5)11-7;8-7-9-5-3-1-2-4(11-3)6(5)10-7;7-6-8-4-2-1-3-5(4)9-6;3*1-4(2)5(6)7-3;3*1-4(2)5-3/h7H,1,5H2,2-4H3;6-7H,1,4H2,2-3H3;6-7H,1-5H2;2*5-6H,1-4H2;2*3-6H,1-2H2;4-5H,1-3H2;3*1H2,2-3H3;3*1H2,2-3H3. The van der Waals surface area contributed by atoms with Crippen LogP contribution < -0.4 is 0 Å². The van der Waals surface area contributed by atoms with Gasteiger partial charge in [0.15, 0.2) is 53.4 Å². The van der Waals surface area contributed by atoms with Crippen molar-refractivity contribution in [3.05, 3.63) is 97.8 Å². The van der Waals surface area contributed by atoms with Gasteiger partial charge in [-0.1, -0.05) is 52.6 Å². The highest BCUT2D eigenvalue weighted by Crippen LogP contribution is 2.56. The van der Waals surface area contributed by atoms with Gasteiger partial charge in [0, 0.05) is 67.6 Å². The maximum absolute atomic E-state index is 11.3. The Bertz CT molecular complexity index is 3840. The van der Waals surface area contributed by atoms with Gasteiger partial charge >= 0.3 is 79.1 Å². The number of allylic oxidation sites excluding steroid dienone is 3. The lowest BCUT2D eigenvalue weighted by molar-refractivity contribution is -0.160. The van der Waals surface area contributed by atoms with Gasteiger partial charge in [-0.05, 0) is 178 Å². The van der Waals surface area contributed by atoms with E-state index >= 15 is 0 Å². The Morgan fingerprint density at radius 1 is 0.394 bits per heavy atom. The van der Waals surface area contributed by atoms with Gasteiger partial charge in [0.05, 0.1) is 78.2 Å². The Morgan fingerprint density at radius 2 is 0.826 bits per heavy atom. The van der Waals surface area contributed by atoms with Crippen molar-refractivity contribution in [3.8, 4) is 0 Å². The van der Waals surface area contributed by atoms with Gasteiger partial charge in [-0.3, -0.25) is 0 Å². The molecule has 0 amide bonds. The summed E-state index contributed by atoms with van der Waals surface area (Å²) in [6.07, 6.45) is 13.4. The average molecular weight is 1910 g/mol. The lowest BCUT2D eigenvalue weighted by Gasteiger charge is -2.28. The van der Waals surface area contributed by atoms with Crippen LogP contribution in [0.5, 0.6) is 0 Å². The third-order valence-electron chi connectivity index (χ3n) is 23.2. The minimum absolute atomic E-state index is 0.0752. The highest BCUT2D eigenvalue weighted by molar-refractivity contribution is 8.01. The summed E-state index contributed by atoms with van der Waals surface area (Å²) in [5.74, 6) is 1.60. The van der Waals surface area contributed by atoms with Crippen LogP contribution >= 0.6 is 23.5 Å². The maximum atomic E-state index is 11.3. The summed E-state index contributed by atoms with van der Waals surface area (Å²) in [6.45, 7) is 47.2. The van der Waals surface area contributed by atoms with Crippen molar-refractivity contribution >= 4 is 103 Å². The number of hydrogen-bond acceptors (Lipinski definition) is 41. The molecule has 0 aromatic rings. The van der Waals surface area contributed by atoms with Gasteiger partial charge in [0.25, 0.3) is 0 Å². The van der Waals surface area contributed by atoms with Gasteiger partial charge < -0.3 is 123 Å². The van der Waals surface area contributed by atoms with Gasteiger partial charge in [0.2, 0.25) is 0 Å². The predicted octanol–water partition coefficient (Wildman–Crippen LogP) is 15.0. The largest absolute Gasteiger partial charge is 0.509 e. The van der Waals surface area contributed by atoms with Crippen LogP contribution in [0.15, 0.2) is 97.8 Å². The summed E-state index contributed by atoms with van der Waals surface area (Å²) in [6, 6.07) is 0. The van der Waals surface area contributed by atoms with E-state index in [9.17, 15) is 62.3 Å². The van der Waals surface area contributed by atoms with E-state index in [1.54, 1.807) is 97.5 Å². The van der Waals surface area contributed by atoms with Crippen molar-refractivity contribution in [2.75, 3.05) is 75.7 Å². The lowest BCUT2D eigenvalue weighted by atomic mass is 9.85. The number of cyclic esters (lactones) is 7. The second-order valence-corrected chi connectivity index (χ2v) is 37.2. The SMILES string of the molecule is C=C(C)C(=O)OC.C=C(C)C(=O)OC.C=C(C)C(=O)OC.C=C(C)C(=O)OC(C)(C)C1COC(=O)O1.C=C(C)C(=O)OC(C)C1COC(=O)O1.C=C(C)OC.C=C(C)OC.C=C(C)OC.O=C1OC2C3CCC(O3)C2O1.O=C1OC2C3CCC(S3)C2O1.O=C1OC2CCCC2O1.O=C1OCC2(CC3CCC2C3)O1.O=C1OCC2(CC3CCC2O3)O1.O=C1OCC2(CC3CCC2S3)O1. The summed E-state index contributed by atoms with van der Waals surface area (Å²) in [5.41, 5.74) is 0.148. The molecular formula is C91H130O39S2. The van der Waals surface area contributed by atoms with Gasteiger partial charge in [-0.15, -0.1) is 11.8 Å². The van der Waals surface area contributed by atoms with E-state index in [4.69, 9.17) is 85.3 Å². The number of methoxy groups -OCH3 is 6. The van der Waals surface area contributed by atoms with Crippen molar-refractivity contribution in [2.45, 2.75) is 308 Å². The van der Waals surface area contributed by atoms with Crippen molar-refractivity contribution in [2.24, 2.45) is 11.8 Å². The zero-order valence-corrected chi connectivity index (χ0v) is 80.1. The molecule has 16 saturated heterocycles. The predicted molar refractivity (Wildman–Crippen MR) is 468 cm³/mol. The molecule has 39 nitrogen and oxygen atoms in total. The van der Waals surface area contributed by atoms with E-state index in [1.807, 2.05) is 23.5 Å². The second kappa shape index (κ2) is 51.1. The molecule has 10 bridgehead atoms. The summed E-state index contributed by atoms with van der Waals surface area (Å²) in [5, 5.41) is 2.27. The molecule has 0 aromatic carbocycles. The van der Waals surface area contributed by atoms with Crippen LogP contribution in [-0.4, -0.2) is 278 Å². The molecule has 16 aliphatic heterocycles. The molecule has 3 aliphatic carbocycles. The molecule has 3 spiro atoms. The minimum Gasteiger partial charge on any atom is -0.502 e. The van der Waals surface area contributed by atoms with Crippen LogP contribution in [0.4, 0.5) is 38.4 Å². The number of rotatable bonds is 12. The van der Waals surface area contributed by atoms with Crippen LogP contribution in [0.25, 0.3) is 0 Å². The number of hydrogen-bond donors (Lipinski definition) is 0. The van der Waals surface area contributed by atoms with E-state index in [1.165, 1.54) is 66.3 Å². The maximum Gasteiger partial charge on any atom is 0.509 e. The first-order valence-corrected chi connectivity index (χ1v) is 45.0. The highest BCUT2D eigenvalue weighted by Gasteiger charge is 2.62. The van der Waals surface area contributed by atoms with E-state index in [2.05, 4.69) is 90.5 Å². The van der Waals surface area contributed by atoms with E-state index in [0.29, 0.717) is 80.7 Å². The Balaban J connectivity index is 0.000000221. The molecule has 16 heterocycles. The van der Waals surface area contributed by atoms with E-state index < -0.39 is 90.7 Å². The summed E-state index contributed by atoms with van der Waals surface area (Å²) < 4.78 is 126. The van der Waals surface area contributed by atoms with Gasteiger partial charge in [0.1, 0.15) is 63.1 Å². The first-order valence-electron chi connectivity index (χ1n) is 43.1. The van der Waals surface area contributed by atoms with E-state index in [-0.39, 0.29) is 97.3 Å². The fraction of sp³-hybridized carbons (Fsp3) is 0.681. The molecule has 0 N–H and O–H groups in total. The quantitative estimate of drug-likeness (QED) is 0.0758. The molecule has 19 aliphatic rings. The summed E-state index contributed by atoms with van der Waals surface area (Å²) in [7, 11) is 8.79. The van der Waals surface area contributed by atoms with Crippen molar-refractivity contribution < 1.29 is 185 Å². The van der Waals surface area contributed by atoms with Crippen LogP contribution in [0.2, 0.25) is 0 Å². The van der Waals surface area contributed by atoms with E-state index in [0.717, 1.165) is 87.4 Å². The molecule has 41 heteroatoms. The Hall–Kier alpha value is -10.5. The fourth-order valence-corrected chi connectivity index (χ4v) is 19.7. The normalized spacial score (nSPS) is 31.7. The number of fused-ring (bicyclic) bond motifs is 20. The van der Waals surface area contributed by atoms with Crippen LogP contribution in [-0.2, 0) is 147 Å². The monoisotopic (exact) mass is 1910 g/mol. The number of ether oxygens (including phenoxy) is 26. The average Bonchev–Trinajstić information content (AvgIpc) is 1.64. The number of esters is 5. The zero-order chi connectivity index (χ0) is 98.4. The zero-order valence-electron chi connectivity index (χ0n) is 78.4. The fourth-order valence-electron chi connectivity index (χ4n) is 16.2. The molecule has 22 unspecified atom stereocenters. The Morgan fingerprint density at radius 3 is 1.16 bits per heavy atom. The number of carbonyl (C=O) groups excluding carboxylic acids is 13. The molecular weight excluding hydrogens is 1780 g/mol. The Labute approximate surface area is 777 Å². The minimum atomic E-state index is -0.914. The number of carbonyl (C=O) groups is 13. The third-order valence-corrected chi connectivity index (χ3v) is 26.7. The second-order valence-electron chi connectivity index (χ2n) is 34.2. The molecule has 19 fully saturated rings. The van der Waals surface area contributed by atoms with Crippen molar-refractivity contribution in [3.63, 3.8) is 0 Å². The molecule has 0 radical (unpaired) electrons. The lowest BCUT2D eigenvalue weighted by Crippen LogP contribution is -2.42. The molecule has 19 rings (SSSR count). The molecule has 22 atom stereocenters. The van der Waals surface area contributed by atoms with Gasteiger partial charge in [-0.25, -0.2) is 62.3 Å². The first-order chi connectivity index (χ1) is 62.1. The van der Waals surface area contributed by atoms with Crippen molar-refractivity contribution in [1.82, 2.24) is 0 Å². The van der Waals surface area contributed by atoms with Crippen LogP contribution in [0, 0.1) is 11.8 Å². The molecule has 0 aromatic heterocycles. The third kappa shape index (κ3) is 32.4. The van der Waals surface area contributed by atoms with Gasteiger partial charge in [-0.2, -0.15) is 11.8 Å². The number of thioether (sulfide) groups is 2. The molecule has 3 saturated carbocycles. The topological polar surface area (TPSA) is 462 Å². The molecule has 740 valence electrons. The summed E-state index contributed by atoms with van der Waals surface area (Å²) in [4.78, 5) is 138.